The predicted molar refractivity (Wildman–Crippen MR) is 30.1 cm³/mol. The van der Waals surface area contributed by atoms with Crippen LogP contribution in [0.15, 0.2) is 0 Å². The van der Waals surface area contributed by atoms with Gasteiger partial charge in [0.1, 0.15) is 0 Å². The third-order valence-corrected chi connectivity index (χ3v) is 1.57. The van der Waals surface area contributed by atoms with Crippen molar-refractivity contribution in [3.8, 4) is 0 Å². The van der Waals surface area contributed by atoms with Crippen LogP contribution in [-0.2, 0) is 0 Å². The van der Waals surface area contributed by atoms with Gasteiger partial charge in [-0.05, 0) is 14.0 Å². The molecule has 0 aromatic heterocycles. The molecule has 0 amide bonds. The van der Waals surface area contributed by atoms with E-state index in [-0.39, 0.29) is 0 Å². The van der Waals surface area contributed by atoms with Gasteiger partial charge in [-0.1, -0.05) is 0 Å². The number of nitrogens with one attached hydrogen (secondary N) is 1. The zero-order valence-electron chi connectivity index (χ0n) is 4.94. The van der Waals surface area contributed by atoms with Gasteiger partial charge in [0, 0.05) is 13.1 Å². The summed E-state index contributed by atoms with van der Waals surface area (Å²) in [5, 5.41) is 3.30. The minimum Gasteiger partial charge on any atom is -0.301 e. The molecule has 1 atom stereocenters. The van der Waals surface area contributed by atoms with Crippen LogP contribution in [0.25, 0.3) is 0 Å². The van der Waals surface area contributed by atoms with Gasteiger partial charge in [0.25, 0.3) is 0 Å². The van der Waals surface area contributed by atoms with Gasteiger partial charge < -0.3 is 5.32 Å². The highest BCUT2D eigenvalue weighted by Gasteiger charge is 2.12. The molecule has 2 heteroatoms. The number of likely N-dealkylation sites (N-methyl/N-ethyl adjacent to an activating group) is 1. The largest absolute Gasteiger partial charge is 0.301 e. The zero-order valence-corrected chi connectivity index (χ0v) is 4.94. The van der Waals surface area contributed by atoms with Gasteiger partial charge in [-0.3, -0.25) is 4.90 Å². The maximum atomic E-state index is 3.30. The van der Waals surface area contributed by atoms with Crippen LogP contribution in [0.1, 0.15) is 6.92 Å². The first kappa shape index (κ1) is 5.06. The average molecular weight is 100 g/mol. The minimum absolute atomic E-state index is 0.597. The summed E-state index contributed by atoms with van der Waals surface area (Å²) in [6.07, 6.45) is 0.597. The summed E-state index contributed by atoms with van der Waals surface area (Å²) >= 11 is 0. The van der Waals surface area contributed by atoms with Crippen molar-refractivity contribution in [1.29, 1.82) is 0 Å². The summed E-state index contributed by atoms with van der Waals surface area (Å²) < 4.78 is 0. The Kier molecular flexibility index (Phi) is 1.30. The van der Waals surface area contributed by atoms with Gasteiger partial charge in [0.2, 0.25) is 0 Å². The number of nitrogens with zero attached hydrogens (tertiary/aromatic N) is 1. The first-order valence-corrected chi connectivity index (χ1v) is 2.74. The lowest BCUT2D eigenvalue weighted by Crippen LogP contribution is -2.28. The van der Waals surface area contributed by atoms with Crippen molar-refractivity contribution in [2.75, 3.05) is 20.1 Å². The van der Waals surface area contributed by atoms with Crippen LogP contribution < -0.4 is 5.32 Å². The first-order valence-electron chi connectivity index (χ1n) is 2.74. The lowest BCUT2D eigenvalue weighted by atomic mass is 10.6. The van der Waals surface area contributed by atoms with Crippen LogP contribution in [0.2, 0.25) is 0 Å². The van der Waals surface area contributed by atoms with Crippen LogP contribution in [0, 0.1) is 0 Å². The van der Waals surface area contributed by atoms with E-state index in [1.807, 2.05) is 0 Å². The second-order valence-electron chi connectivity index (χ2n) is 2.11. The summed E-state index contributed by atoms with van der Waals surface area (Å²) in [5.41, 5.74) is 0. The minimum atomic E-state index is 0.597. The fourth-order valence-electron chi connectivity index (χ4n) is 0.799. The molecule has 1 aliphatic rings. The van der Waals surface area contributed by atoms with E-state index >= 15 is 0 Å². The number of hydrogen-bond acceptors (Lipinski definition) is 2. The first-order chi connectivity index (χ1) is 3.30. The highest BCUT2D eigenvalue weighted by atomic mass is 15.3. The Hall–Kier alpha value is -0.0800. The van der Waals surface area contributed by atoms with Crippen molar-refractivity contribution in [1.82, 2.24) is 10.2 Å². The Labute approximate surface area is 44.5 Å². The average Bonchev–Trinajstić information content (AvgIpc) is 1.91. The highest BCUT2D eigenvalue weighted by molar-refractivity contribution is 4.69. The van der Waals surface area contributed by atoms with E-state index in [1.165, 1.54) is 6.54 Å². The fourth-order valence-corrected chi connectivity index (χ4v) is 0.799. The third-order valence-electron chi connectivity index (χ3n) is 1.57. The monoisotopic (exact) mass is 100 g/mol. The van der Waals surface area contributed by atoms with E-state index in [2.05, 4.69) is 24.2 Å². The van der Waals surface area contributed by atoms with Gasteiger partial charge in [0.05, 0.1) is 6.17 Å². The highest BCUT2D eigenvalue weighted by Crippen LogP contribution is 1.95. The lowest BCUT2D eigenvalue weighted by molar-refractivity contribution is 0.315. The van der Waals surface area contributed by atoms with Crippen molar-refractivity contribution in [2.24, 2.45) is 0 Å². The van der Waals surface area contributed by atoms with Crippen molar-refractivity contribution < 1.29 is 0 Å². The Morgan fingerprint density at radius 2 is 2.43 bits per heavy atom. The summed E-state index contributed by atoms with van der Waals surface area (Å²) in [6.45, 7) is 4.52. The molecule has 1 saturated heterocycles. The summed E-state index contributed by atoms with van der Waals surface area (Å²) in [7, 11) is 2.13. The molecule has 1 N–H and O–H groups in total. The molecule has 0 spiro atoms. The fraction of sp³-hybridized carbons (Fsp3) is 1.00. The lowest BCUT2D eigenvalue weighted by Gasteiger charge is -2.11. The molecule has 1 heterocycles. The van der Waals surface area contributed by atoms with Crippen LogP contribution in [0.3, 0.4) is 0 Å². The second kappa shape index (κ2) is 1.80. The quantitative estimate of drug-likeness (QED) is 0.456. The topological polar surface area (TPSA) is 15.3 Å². The molecule has 1 aliphatic heterocycles. The molecule has 7 heavy (non-hydrogen) atoms. The summed E-state index contributed by atoms with van der Waals surface area (Å²) in [6, 6.07) is 0. The molecule has 0 radical (unpaired) electrons. The smallest absolute Gasteiger partial charge is 0.0566 e. The molecule has 0 aromatic carbocycles. The molecular weight excluding hydrogens is 88.1 g/mol. The Morgan fingerprint density at radius 3 is 2.57 bits per heavy atom. The van der Waals surface area contributed by atoms with E-state index in [4.69, 9.17) is 0 Å². The Morgan fingerprint density at radius 1 is 1.71 bits per heavy atom. The molecule has 2 nitrogen and oxygen atoms in total. The van der Waals surface area contributed by atoms with Crippen molar-refractivity contribution in [2.45, 2.75) is 13.1 Å². The normalized spacial score (nSPS) is 34.3. The molecule has 1 fully saturated rings. The van der Waals surface area contributed by atoms with Gasteiger partial charge >= 0.3 is 0 Å². The zero-order chi connectivity index (χ0) is 5.28. The van der Waals surface area contributed by atoms with E-state index in [0.29, 0.717) is 6.17 Å². The van der Waals surface area contributed by atoms with Crippen molar-refractivity contribution >= 4 is 0 Å². The van der Waals surface area contributed by atoms with Gasteiger partial charge in [-0.25, -0.2) is 0 Å². The van der Waals surface area contributed by atoms with E-state index in [1.54, 1.807) is 0 Å². The molecule has 1 rings (SSSR count). The van der Waals surface area contributed by atoms with E-state index in [0.717, 1.165) is 6.54 Å². The van der Waals surface area contributed by atoms with Crippen LogP contribution in [0.4, 0.5) is 0 Å². The standard InChI is InChI=1S/C5H12N2/c1-5-6-3-4-7(5)2/h5-6H,3-4H2,1-2H3/t5-/m0/s1. The molecule has 0 unspecified atom stereocenters. The molecule has 0 aromatic rings. The van der Waals surface area contributed by atoms with Gasteiger partial charge in [-0.2, -0.15) is 0 Å². The molecule has 0 saturated carbocycles. The van der Waals surface area contributed by atoms with E-state index in [9.17, 15) is 0 Å². The van der Waals surface area contributed by atoms with Crippen molar-refractivity contribution in [3.05, 3.63) is 0 Å². The number of hydrogen-bond donors (Lipinski definition) is 1. The van der Waals surface area contributed by atoms with Gasteiger partial charge in [0.15, 0.2) is 0 Å². The Bertz CT molecular complexity index is 55.1. The molecule has 0 aliphatic carbocycles. The Balaban J connectivity index is 2.33. The maximum Gasteiger partial charge on any atom is 0.0566 e. The third kappa shape index (κ3) is 0.924. The van der Waals surface area contributed by atoms with Crippen molar-refractivity contribution in [3.63, 3.8) is 0 Å². The summed E-state index contributed by atoms with van der Waals surface area (Å²) in [4.78, 5) is 2.29. The summed E-state index contributed by atoms with van der Waals surface area (Å²) in [5.74, 6) is 0. The SMILES string of the molecule is C[C@H]1NCCN1C. The molecule has 42 valence electrons. The second-order valence-corrected chi connectivity index (χ2v) is 2.11. The van der Waals surface area contributed by atoms with Crippen LogP contribution >= 0.6 is 0 Å². The molecular formula is C5H12N2. The predicted octanol–water partition coefficient (Wildman–Crippen LogP) is -0.133. The van der Waals surface area contributed by atoms with Crippen LogP contribution in [-0.4, -0.2) is 31.2 Å². The van der Waals surface area contributed by atoms with E-state index < -0.39 is 0 Å². The van der Waals surface area contributed by atoms with Gasteiger partial charge in [-0.15, -0.1) is 0 Å². The maximum absolute atomic E-state index is 3.30. The van der Waals surface area contributed by atoms with Crippen LogP contribution in [0.5, 0.6) is 0 Å². The number of rotatable bonds is 0. The molecule has 0 bridgehead atoms.